The van der Waals surface area contributed by atoms with Crippen LogP contribution in [0.2, 0.25) is 5.15 Å². The number of aromatic nitrogens is 2. The maximum absolute atomic E-state index is 12.8. The summed E-state index contributed by atoms with van der Waals surface area (Å²) in [5.41, 5.74) is 6.46. The number of hydrogen-bond donors (Lipinski definition) is 1. The van der Waals surface area contributed by atoms with Gasteiger partial charge in [-0.1, -0.05) is 35.5 Å². The number of rotatable bonds is 7. The van der Waals surface area contributed by atoms with Crippen LogP contribution in [0.1, 0.15) is 43.9 Å². The summed E-state index contributed by atoms with van der Waals surface area (Å²) < 4.78 is 11.1. The number of nitrogens with zero attached hydrogens (tertiary/aromatic N) is 6. The molecular weight excluding hydrogens is 538 g/mol. The Balaban J connectivity index is 1.58. The zero-order valence-electron chi connectivity index (χ0n) is 22.9. The van der Waals surface area contributed by atoms with Crippen molar-refractivity contribution in [1.82, 2.24) is 14.9 Å². The topological polar surface area (TPSA) is 116 Å². The fourth-order valence-corrected chi connectivity index (χ4v) is 5.42. The van der Waals surface area contributed by atoms with Crippen LogP contribution in [-0.4, -0.2) is 77.9 Å². The number of thioether (sulfide) groups is 1. The SMILES string of the molecule is COC1Cc2cccc(N/N=C/c3c(Cl)nc(SC)nc3N3CCN(C(=O)OC(C)(C)C)C(CC#N)C3)c2C1. The van der Waals surface area contributed by atoms with Gasteiger partial charge in [-0.3, -0.25) is 5.43 Å². The van der Waals surface area contributed by atoms with E-state index < -0.39 is 11.7 Å². The van der Waals surface area contributed by atoms with Crippen molar-refractivity contribution in [1.29, 1.82) is 5.26 Å². The maximum atomic E-state index is 12.8. The number of carbonyl (C=O) groups is 1. The minimum atomic E-state index is -0.626. The molecular formula is C27H34ClN7O3S. The lowest BCUT2D eigenvalue weighted by Crippen LogP contribution is -2.56. The largest absolute Gasteiger partial charge is 0.444 e. The number of hydrogen-bond acceptors (Lipinski definition) is 10. The molecule has 1 fully saturated rings. The molecule has 1 aliphatic heterocycles. The van der Waals surface area contributed by atoms with Gasteiger partial charge in [0.25, 0.3) is 0 Å². The van der Waals surface area contributed by atoms with Crippen LogP contribution in [0.15, 0.2) is 28.5 Å². The molecule has 1 aliphatic carbocycles. The van der Waals surface area contributed by atoms with Crippen molar-refractivity contribution in [2.45, 2.75) is 62.9 Å². The molecule has 0 saturated carbocycles. The lowest BCUT2D eigenvalue weighted by Gasteiger charge is -2.41. The van der Waals surface area contributed by atoms with Gasteiger partial charge in [-0.25, -0.2) is 14.8 Å². The van der Waals surface area contributed by atoms with Gasteiger partial charge in [-0.2, -0.15) is 10.4 Å². The Labute approximate surface area is 238 Å². The molecule has 2 atom stereocenters. The lowest BCUT2D eigenvalue weighted by molar-refractivity contribution is 0.0145. The van der Waals surface area contributed by atoms with E-state index in [0.717, 1.165) is 18.5 Å². The highest BCUT2D eigenvalue weighted by Crippen LogP contribution is 2.31. The number of ether oxygens (including phenoxy) is 2. The summed E-state index contributed by atoms with van der Waals surface area (Å²) in [6.07, 6.45) is 5.12. The van der Waals surface area contributed by atoms with E-state index >= 15 is 0 Å². The third-order valence-electron chi connectivity index (χ3n) is 6.64. The Bertz CT molecular complexity index is 1280. The summed E-state index contributed by atoms with van der Waals surface area (Å²) in [5.74, 6) is 0.606. The lowest BCUT2D eigenvalue weighted by atomic mass is 10.1. The Hall–Kier alpha value is -3.07. The molecule has 2 aromatic rings. The molecule has 208 valence electrons. The quantitative estimate of drug-likeness (QED) is 0.165. The second-order valence-corrected chi connectivity index (χ2v) is 11.6. The number of carbonyl (C=O) groups excluding carboxylic acids is 1. The monoisotopic (exact) mass is 571 g/mol. The number of methoxy groups -OCH3 is 1. The molecule has 2 unspecified atom stereocenters. The predicted molar refractivity (Wildman–Crippen MR) is 154 cm³/mol. The van der Waals surface area contributed by atoms with Crippen molar-refractivity contribution in [3.63, 3.8) is 0 Å². The summed E-state index contributed by atoms with van der Waals surface area (Å²) in [5, 5.41) is 14.8. The summed E-state index contributed by atoms with van der Waals surface area (Å²) in [4.78, 5) is 25.7. The second-order valence-electron chi connectivity index (χ2n) is 10.5. The van der Waals surface area contributed by atoms with Gasteiger partial charge in [0.15, 0.2) is 5.16 Å². The zero-order chi connectivity index (χ0) is 28.2. The number of fused-ring (bicyclic) bond motifs is 1. The molecule has 1 saturated heterocycles. The van der Waals surface area contributed by atoms with Gasteiger partial charge in [-0.05, 0) is 50.6 Å². The Morgan fingerprint density at radius 1 is 1.33 bits per heavy atom. The molecule has 0 spiro atoms. The number of anilines is 2. The van der Waals surface area contributed by atoms with Crippen LogP contribution in [0.4, 0.5) is 16.3 Å². The molecule has 1 aromatic carbocycles. The number of halogens is 1. The van der Waals surface area contributed by atoms with Crippen LogP contribution in [-0.2, 0) is 22.3 Å². The van der Waals surface area contributed by atoms with Crippen LogP contribution in [0.5, 0.6) is 0 Å². The smallest absolute Gasteiger partial charge is 0.410 e. The Morgan fingerprint density at radius 3 is 2.82 bits per heavy atom. The minimum absolute atomic E-state index is 0.163. The maximum Gasteiger partial charge on any atom is 0.410 e. The second kappa shape index (κ2) is 12.4. The van der Waals surface area contributed by atoms with Gasteiger partial charge < -0.3 is 19.3 Å². The van der Waals surface area contributed by atoms with Crippen molar-refractivity contribution >= 4 is 47.2 Å². The number of hydrazone groups is 1. The van der Waals surface area contributed by atoms with Crippen molar-refractivity contribution in [3.05, 3.63) is 40.0 Å². The number of piperazine rings is 1. The summed E-state index contributed by atoms with van der Waals surface area (Å²) in [7, 11) is 1.73. The molecule has 1 aromatic heterocycles. The van der Waals surface area contributed by atoms with Gasteiger partial charge in [0.05, 0.1) is 42.1 Å². The summed E-state index contributed by atoms with van der Waals surface area (Å²) in [6.45, 7) is 6.74. The highest BCUT2D eigenvalue weighted by atomic mass is 35.5. The first-order valence-electron chi connectivity index (χ1n) is 12.8. The molecule has 39 heavy (non-hydrogen) atoms. The molecule has 2 heterocycles. The Kier molecular flexibility index (Phi) is 9.20. The number of nitrogens with one attached hydrogen (secondary N) is 1. The third kappa shape index (κ3) is 6.93. The standard InChI is InChI=1S/C27H34ClN7O3S/c1-27(2,3)38-26(36)35-12-11-34(16-18(35)9-10-29)24-21(23(28)31-25(32-24)39-5)15-30-33-22-8-6-7-17-13-19(37-4)14-20(17)22/h6-8,15,18-19,33H,9,11-14,16H2,1-5H3/b30-15+. The van der Waals surface area contributed by atoms with Crippen molar-refractivity contribution in [3.8, 4) is 6.07 Å². The number of nitriles is 1. The van der Waals surface area contributed by atoms with Crippen LogP contribution < -0.4 is 10.3 Å². The molecule has 10 nitrogen and oxygen atoms in total. The molecule has 0 bridgehead atoms. The van der Waals surface area contributed by atoms with Crippen LogP contribution in [0.25, 0.3) is 0 Å². The predicted octanol–water partition coefficient (Wildman–Crippen LogP) is 4.75. The van der Waals surface area contributed by atoms with Gasteiger partial charge in [-0.15, -0.1) is 0 Å². The summed E-state index contributed by atoms with van der Waals surface area (Å²) in [6, 6.07) is 7.94. The first-order chi connectivity index (χ1) is 18.6. The molecule has 2 aliphatic rings. The van der Waals surface area contributed by atoms with E-state index in [1.165, 1.54) is 22.9 Å². The first-order valence-corrected chi connectivity index (χ1v) is 14.4. The van der Waals surface area contributed by atoms with Crippen LogP contribution in [0, 0.1) is 11.3 Å². The van der Waals surface area contributed by atoms with Gasteiger partial charge in [0, 0.05) is 33.2 Å². The number of benzene rings is 1. The van der Waals surface area contributed by atoms with E-state index in [1.807, 2.05) is 44.1 Å². The normalized spacial score (nSPS) is 19.2. The van der Waals surface area contributed by atoms with E-state index in [2.05, 4.69) is 27.6 Å². The summed E-state index contributed by atoms with van der Waals surface area (Å²) >= 11 is 8.02. The van der Waals surface area contributed by atoms with Gasteiger partial charge in [0.2, 0.25) is 0 Å². The van der Waals surface area contributed by atoms with Crippen molar-refractivity contribution in [2.24, 2.45) is 5.10 Å². The fourth-order valence-electron chi connectivity index (χ4n) is 4.79. The molecule has 0 radical (unpaired) electrons. The Morgan fingerprint density at radius 2 is 2.13 bits per heavy atom. The average Bonchev–Trinajstić information content (AvgIpc) is 3.33. The van der Waals surface area contributed by atoms with E-state index in [1.54, 1.807) is 18.2 Å². The van der Waals surface area contributed by atoms with E-state index in [0.29, 0.717) is 36.2 Å². The van der Waals surface area contributed by atoms with Gasteiger partial charge >= 0.3 is 6.09 Å². The molecule has 1 amide bonds. The van der Waals surface area contributed by atoms with E-state index in [4.69, 9.17) is 26.1 Å². The highest BCUT2D eigenvalue weighted by Gasteiger charge is 2.35. The number of amides is 1. The average molecular weight is 572 g/mol. The fraction of sp³-hybridized carbons (Fsp3) is 0.519. The van der Waals surface area contributed by atoms with Gasteiger partial charge in [0.1, 0.15) is 16.6 Å². The van der Waals surface area contributed by atoms with Crippen LogP contribution in [0.3, 0.4) is 0 Å². The molecule has 12 heteroatoms. The third-order valence-corrected chi connectivity index (χ3v) is 7.48. The minimum Gasteiger partial charge on any atom is -0.444 e. The zero-order valence-corrected chi connectivity index (χ0v) is 24.5. The van der Waals surface area contributed by atoms with Crippen molar-refractivity contribution in [2.75, 3.05) is 43.3 Å². The van der Waals surface area contributed by atoms with E-state index in [-0.39, 0.29) is 23.7 Å². The first kappa shape index (κ1) is 28.9. The molecule has 4 rings (SSSR count). The van der Waals surface area contributed by atoms with Crippen molar-refractivity contribution < 1.29 is 14.3 Å². The van der Waals surface area contributed by atoms with E-state index in [9.17, 15) is 10.1 Å². The molecule has 1 N–H and O–H groups in total. The van der Waals surface area contributed by atoms with Crippen LogP contribution >= 0.6 is 23.4 Å². The highest BCUT2D eigenvalue weighted by molar-refractivity contribution is 7.98.